The Hall–Kier alpha value is -1.85. The van der Waals surface area contributed by atoms with Crippen LogP contribution in [0.2, 0.25) is 0 Å². The molecule has 0 fully saturated rings. The minimum Gasteiger partial charge on any atom is -0.483 e. The second-order valence-electron chi connectivity index (χ2n) is 5.94. The van der Waals surface area contributed by atoms with Gasteiger partial charge in [-0.2, -0.15) is 0 Å². The van der Waals surface area contributed by atoms with Crippen molar-refractivity contribution in [2.75, 3.05) is 11.9 Å². The number of hydrogen-bond acceptors (Lipinski definition) is 3. The van der Waals surface area contributed by atoms with Crippen LogP contribution in [0.3, 0.4) is 0 Å². The number of anilines is 1. The van der Waals surface area contributed by atoms with Gasteiger partial charge in [0, 0.05) is 15.7 Å². The molecule has 1 amide bonds. The third-order valence-electron chi connectivity index (χ3n) is 3.74. The number of halogens is 1. The first-order chi connectivity index (χ1) is 11.4. The number of para-hydroxylation sites is 1. The van der Waals surface area contributed by atoms with Crippen molar-refractivity contribution >= 4 is 27.5 Å². The Labute approximate surface area is 151 Å². The van der Waals surface area contributed by atoms with Crippen LogP contribution >= 0.6 is 15.9 Å². The number of carbonyl (C=O) groups excluding carboxylic acids is 1. The first-order valence-corrected chi connectivity index (χ1v) is 8.63. The fourth-order valence-electron chi connectivity index (χ4n) is 2.47. The molecule has 5 heteroatoms. The molecule has 2 rings (SSSR count). The number of carbonyl (C=O) groups is 1. The molecule has 0 aliphatic carbocycles. The molecule has 0 heterocycles. The third kappa shape index (κ3) is 4.58. The van der Waals surface area contributed by atoms with Crippen molar-refractivity contribution in [3.63, 3.8) is 0 Å². The van der Waals surface area contributed by atoms with Gasteiger partial charge < -0.3 is 15.2 Å². The monoisotopic (exact) mass is 391 g/mol. The van der Waals surface area contributed by atoms with Crippen molar-refractivity contribution in [1.82, 2.24) is 0 Å². The Morgan fingerprint density at radius 3 is 2.71 bits per heavy atom. The molecule has 0 saturated heterocycles. The fraction of sp³-hybridized carbons (Fsp3) is 0.316. The van der Waals surface area contributed by atoms with E-state index in [1.165, 1.54) is 0 Å². The van der Waals surface area contributed by atoms with Crippen LogP contribution in [0.25, 0.3) is 0 Å². The van der Waals surface area contributed by atoms with Crippen LogP contribution < -0.4 is 10.1 Å². The van der Waals surface area contributed by atoms with Gasteiger partial charge in [0.25, 0.3) is 5.91 Å². The second-order valence-corrected chi connectivity index (χ2v) is 6.86. The van der Waals surface area contributed by atoms with E-state index >= 15 is 0 Å². The first kappa shape index (κ1) is 18.5. The Balaban J connectivity index is 2.07. The van der Waals surface area contributed by atoms with Crippen LogP contribution in [0.5, 0.6) is 5.75 Å². The van der Waals surface area contributed by atoms with E-state index in [-0.39, 0.29) is 19.1 Å². The smallest absolute Gasteiger partial charge is 0.262 e. The molecule has 0 spiro atoms. The largest absolute Gasteiger partial charge is 0.483 e. The first-order valence-electron chi connectivity index (χ1n) is 7.83. The number of ether oxygens (including phenoxy) is 1. The lowest BCUT2D eigenvalue weighted by Gasteiger charge is -2.17. The molecule has 4 nitrogen and oxygen atoms in total. The van der Waals surface area contributed by atoms with Gasteiger partial charge in [-0.3, -0.25) is 4.79 Å². The summed E-state index contributed by atoms with van der Waals surface area (Å²) in [7, 11) is 0. The van der Waals surface area contributed by atoms with Crippen LogP contribution in [0, 0.1) is 6.92 Å². The predicted molar refractivity (Wildman–Crippen MR) is 99.5 cm³/mol. The summed E-state index contributed by atoms with van der Waals surface area (Å²) >= 11 is 3.34. The molecule has 0 aliphatic rings. The zero-order chi connectivity index (χ0) is 17.7. The van der Waals surface area contributed by atoms with E-state index in [1.54, 1.807) is 12.1 Å². The summed E-state index contributed by atoms with van der Waals surface area (Å²) in [6.45, 7) is 5.90. The summed E-state index contributed by atoms with van der Waals surface area (Å²) in [6, 6.07) is 11.3. The molecule has 0 radical (unpaired) electrons. The number of amides is 1. The minimum absolute atomic E-state index is 0.111. The number of aliphatic hydroxyl groups excluding tert-OH is 1. The van der Waals surface area contributed by atoms with Gasteiger partial charge >= 0.3 is 0 Å². The van der Waals surface area contributed by atoms with Gasteiger partial charge in [-0.25, -0.2) is 0 Å². The zero-order valence-electron chi connectivity index (χ0n) is 14.1. The summed E-state index contributed by atoms with van der Waals surface area (Å²) < 4.78 is 6.42. The van der Waals surface area contributed by atoms with E-state index in [0.29, 0.717) is 17.2 Å². The normalized spacial score (nSPS) is 10.8. The van der Waals surface area contributed by atoms with E-state index in [0.717, 1.165) is 21.3 Å². The molecular formula is C19H22BrNO3. The molecule has 0 aliphatic heterocycles. The van der Waals surface area contributed by atoms with Gasteiger partial charge in [-0.1, -0.05) is 48.0 Å². The summed E-state index contributed by atoms with van der Waals surface area (Å²) in [4.78, 5) is 12.3. The lowest BCUT2D eigenvalue weighted by Crippen LogP contribution is -2.22. The average molecular weight is 392 g/mol. The van der Waals surface area contributed by atoms with Crippen LogP contribution in [-0.4, -0.2) is 17.6 Å². The molecular weight excluding hydrogens is 370 g/mol. The van der Waals surface area contributed by atoms with E-state index in [9.17, 15) is 9.90 Å². The lowest BCUT2D eigenvalue weighted by molar-refractivity contribution is -0.118. The molecule has 0 aromatic heterocycles. The van der Waals surface area contributed by atoms with Gasteiger partial charge in [0.05, 0.1) is 6.61 Å². The highest BCUT2D eigenvalue weighted by Crippen LogP contribution is 2.27. The highest BCUT2D eigenvalue weighted by atomic mass is 79.9. The van der Waals surface area contributed by atoms with E-state index in [2.05, 4.69) is 35.1 Å². The molecule has 2 aromatic carbocycles. The molecule has 0 atom stereocenters. The Morgan fingerprint density at radius 1 is 1.29 bits per heavy atom. The Morgan fingerprint density at radius 2 is 2.04 bits per heavy atom. The quantitative estimate of drug-likeness (QED) is 0.767. The van der Waals surface area contributed by atoms with Crippen molar-refractivity contribution in [2.45, 2.75) is 33.3 Å². The predicted octanol–water partition coefficient (Wildman–Crippen LogP) is 4.39. The van der Waals surface area contributed by atoms with Gasteiger partial charge in [0.15, 0.2) is 6.61 Å². The van der Waals surface area contributed by atoms with Crippen molar-refractivity contribution in [3.05, 3.63) is 57.6 Å². The fourth-order valence-corrected chi connectivity index (χ4v) is 2.88. The topological polar surface area (TPSA) is 58.6 Å². The molecule has 128 valence electrons. The number of aryl methyl sites for hydroxylation is 1. The number of rotatable bonds is 6. The van der Waals surface area contributed by atoms with Crippen LogP contribution in [0.15, 0.2) is 40.9 Å². The average Bonchev–Trinajstić information content (AvgIpc) is 2.55. The number of aliphatic hydroxyl groups is 1. The van der Waals surface area contributed by atoms with E-state index in [4.69, 9.17) is 4.74 Å². The molecule has 2 aromatic rings. The highest BCUT2D eigenvalue weighted by Gasteiger charge is 2.13. The number of benzene rings is 2. The maximum atomic E-state index is 12.3. The third-order valence-corrected chi connectivity index (χ3v) is 4.24. The maximum absolute atomic E-state index is 12.3. The molecule has 24 heavy (non-hydrogen) atoms. The van der Waals surface area contributed by atoms with Crippen LogP contribution in [0.1, 0.15) is 36.5 Å². The van der Waals surface area contributed by atoms with Crippen molar-refractivity contribution in [1.29, 1.82) is 0 Å². The summed E-state index contributed by atoms with van der Waals surface area (Å²) in [5.41, 5.74) is 3.60. The highest BCUT2D eigenvalue weighted by molar-refractivity contribution is 9.10. The van der Waals surface area contributed by atoms with Crippen molar-refractivity contribution in [2.24, 2.45) is 0 Å². The molecule has 0 saturated carbocycles. The van der Waals surface area contributed by atoms with Gasteiger partial charge in [0.2, 0.25) is 0 Å². The number of hydrogen-bond donors (Lipinski definition) is 2. The molecule has 0 unspecified atom stereocenters. The molecule has 2 N–H and O–H groups in total. The summed E-state index contributed by atoms with van der Waals surface area (Å²) in [5, 5.41) is 12.3. The van der Waals surface area contributed by atoms with Crippen LogP contribution in [-0.2, 0) is 11.4 Å². The summed E-state index contributed by atoms with van der Waals surface area (Å²) in [5.74, 6) is 0.594. The van der Waals surface area contributed by atoms with Crippen molar-refractivity contribution in [3.8, 4) is 5.75 Å². The molecule has 0 bridgehead atoms. The SMILES string of the molecule is Cc1cccc(C(C)C)c1NC(=O)COc1ccc(Br)cc1CO. The van der Waals surface area contributed by atoms with Gasteiger partial charge in [-0.15, -0.1) is 0 Å². The summed E-state index contributed by atoms with van der Waals surface area (Å²) in [6.07, 6.45) is 0. The second kappa shape index (κ2) is 8.31. The Kier molecular flexibility index (Phi) is 6.40. The van der Waals surface area contributed by atoms with Gasteiger partial charge in [0.1, 0.15) is 5.75 Å². The maximum Gasteiger partial charge on any atom is 0.262 e. The Bertz CT molecular complexity index is 729. The van der Waals surface area contributed by atoms with Crippen LogP contribution in [0.4, 0.5) is 5.69 Å². The van der Waals surface area contributed by atoms with E-state index < -0.39 is 0 Å². The number of nitrogens with one attached hydrogen (secondary N) is 1. The zero-order valence-corrected chi connectivity index (χ0v) is 15.7. The standard InChI is InChI=1S/C19H22BrNO3/c1-12(2)16-6-4-5-13(3)19(16)21-18(23)11-24-17-8-7-15(20)9-14(17)10-22/h4-9,12,22H,10-11H2,1-3H3,(H,21,23). The van der Waals surface area contributed by atoms with Crippen molar-refractivity contribution < 1.29 is 14.6 Å². The lowest BCUT2D eigenvalue weighted by atomic mass is 9.98. The van der Waals surface area contributed by atoms with E-state index in [1.807, 2.05) is 31.2 Å². The minimum atomic E-state index is -0.224. The van der Waals surface area contributed by atoms with Gasteiger partial charge in [-0.05, 0) is 42.2 Å².